The zero-order chi connectivity index (χ0) is 13.5. The number of rotatable bonds is 3. The van der Waals surface area contributed by atoms with Crippen LogP contribution < -0.4 is 10.5 Å². The second-order valence-corrected chi connectivity index (χ2v) is 3.96. The van der Waals surface area contributed by atoms with Crippen LogP contribution in [0, 0.1) is 0 Å². The summed E-state index contributed by atoms with van der Waals surface area (Å²) in [5, 5.41) is 8.88. The molecule has 0 bridgehead atoms. The third-order valence-corrected chi connectivity index (χ3v) is 1.60. The molecule has 0 aliphatic heterocycles. The molecular formula is C9H15NO6S. The predicted molar refractivity (Wildman–Crippen MR) is 61.1 cm³/mol. The zero-order valence-corrected chi connectivity index (χ0v) is 9.96. The SMILES string of the molecule is COc1ccc(CC(N)O)cc1.O=S(=O)(O)O. The van der Waals surface area contributed by atoms with Gasteiger partial charge in [-0.15, -0.1) is 0 Å². The Morgan fingerprint density at radius 3 is 2.00 bits per heavy atom. The number of ether oxygens (including phenoxy) is 1. The summed E-state index contributed by atoms with van der Waals surface area (Å²) < 4.78 is 36.6. The minimum Gasteiger partial charge on any atom is -0.497 e. The Bertz CT molecular complexity index is 406. The molecule has 0 spiro atoms. The van der Waals surface area contributed by atoms with E-state index in [0.29, 0.717) is 6.42 Å². The van der Waals surface area contributed by atoms with Gasteiger partial charge < -0.3 is 15.6 Å². The average Bonchev–Trinajstić information content (AvgIpc) is 2.15. The molecule has 1 atom stereocenters. The summed E-state index contributed by atoms with van der Waals surface area (Å²) in [6.07, 6.45) is -0.303. The number of aliphatic hydroxyl groups is 1. The van der Waals surface area contributed by atoms with E-state index in [0.717, 1.165) is 11.3 Å². The molecule has 17 heavy (non-hydrogen) atoms. The second kappa shape index (κ2) is 7.20. The number of hydrogen-bond acceptors (Lipinski definition) is 5. The lowest BCUT2D eigenvalue weighted by Crippen LogP contribution is -2.21. The summed E-state index contributed by atoms with van der Waals surface area (Å²) >= 11 is 0. The van der Waals surface area contributed by atoms with Crippen molar-refractivity contribution in [1.82, 2.24) is 0 Å². The van der Waals surface area contributed by atoms with Crippen LogP contribution in [0.25, 0.3) is 0 Å². The Kier molecular flexibility index (Phi) is 6.69. The van der Waals surface area contributed by atoms with Crippen molar-refractivity contribution in [1.29, 1.82) is 0 Å². The first-order chi connectivity index (χ1) is 7.72. The quantitative estimate of drug-likeness (QED) is 0.442. The molecule has 0 heterocycles. The van der Waals surface area contributed by atoms with E-state index in [2.05, 4.69) is 0 Å². The second-order valence-electron chi connectivity index (χ2n) is 3.07. The van der Waals surface area contributed by atoms with Crippen LogP contribution in [0.4, 0.5) is 0 Å². The van der Waals surface area contributed by atoms with Gasteiger partial charge in [0.05, 0.1) is 7.11 Å². The number of benzene rings is 1. The summed E-state index contributed by atoms with van der Waals surface area (Å²) in [5.41, 5.74) is 6.22. The van der Waals surface area contributed by atoms with Crippen molar-refractivity contribution < 1.29 is 27.4 Å². The highest BCUT2D eigenvalue weighted by Gasteiger charge is 1.98. The Morgan fingerprint density at radius 2 is 1.71 bits per heavy atom. The van der Waals surface area contributed by atoms with Crippen molar-refractivity contribution in [2.75, 3.05) is 7.11 Å². The Labute approximate surface area is 99.4 Å². The maximum Gasteiger partial charge on any atom is 0.394 e. The Hall–Kier alpha value is -1.19. The Morgan fingerprint density at radius 1 is 1.29 bits per heavy atom. The minimum absolute atomic E-state index is 0.476. The molecule has 0 radical (unpaired) electrons. The maximum atomic E-state index is 8.88. The van der Waals surface area contributed by atoms with Gasteiger partial charge in [-0.2, -0.15) is 8.42 Å². The molecule has 0 aromatic heterocycles. The molecule has 0 fully saturated rings. The molecule has 1 rings (SSSR count). The van der Waals surface area contributed by atoms with E-state index >= 15 is 0 Å². The summed E-state index contributed by atoms with van der Waals surface area (Å²) in [6, 6.07) is 7.46. The van der Waals surface area contributed by atoms with Gasteiger partial charge in [-0.05, 0) is 17.7 Å². The smallest absolute Gasteiger partial charge is 0.394 e. The van der Waals surface area contributed by atoms with E-state index < -0.39 is 16.6 Å². The van der Waals surface area contributed by atoms with Crippen molar-refractivity contribution in [2.45, 2.75) is 12.6 Å². The van der Waals surface area contributed by atoms with Gasteiger partial charge in [0.25, 0.3) is 0 Å². The van der Waals surface area contributed by atoms with Crippen LogP contribution in [0.5, 0.6) is 5.75 Å². The summed E-state index contributed by atoms with van der Waals surface area (Å²) in [5.74, 6) is 0.810. The number of nitrogens with two attached hydrogens (primary N) is 1. The molecule has 5 N–H and O–H groups in total. The van der Waals surface area contributed by atoms with Gasteiger partial charge in [0.15, 0.2) is 0 Å². The first kappa shape index (κ1) is 15.8. The van der Waals surface area contributed by atoms with E-state index in [4.69, 9.17) is 33.1 Å². The highest BCUT2D eigenvalue weighted by atomic mass is 32.3. The highest BCUT2D eigenvalue weighted by molar-refractivity contribution is 7.79. The van der Waals surface area contributed by atoms with Crippen molar-refractivity contribution in [3.8, 4) is 5.75 Å². The third kappa shape index (κ3) is 11.1. The molecule has 0 amide bonds. The minimum atomic E-state index is -4.67. The number of aliphatic hydroxyl groups excluding tert-OH is 1. The summed E-state index contributed by atoms with van der Waals surface area (Å²) in [4.78, 5) is 0. The monoisotopic (exact) mass is 265 g/mol. The van der Waals surface area contributed by atoms with Crippen molar-refractivity contribution >= 4 is 10.4 Å². The number of hydrogen-bond donors (Lipinski definition) is 4. The average molecular weight is 265 g/mol. The molecule has 7 nitrogen and oxygen atoms in total. The van der Waals surface area contributed by atoms with E-state index in [1.165, 1.54) is 0 Å². The summed E-state index contributed by atoms with van der Waals surface area (Å²) in [7, 11) is -3.05. The molecule has 1 unspecified atom stereocenters. The molecule has 0 saturated carbocycles. The molecular weight excluding hydrogens is 250 g/mol. The molecule has 0 aliphatic carbocycles. The van der Waals surface area contributed by atoms with Crippen LogP contribution in [0.3, 0.4) is 0 Å². The topological polar surface area (TPSA) is 130 Å². The normalized spacial score (nSPS) is 12.3. The zero-order valence-electron chi connectivity index (χ0n) is 9.15. The van der Waals surface area contributed by atoms with Gasteiger partial charge >= 0.3 is 10.4 Å². The van der Waals surface area contributed by atoms with E-state index in [9.17, 15) is 0 Å². The van der Waals surface area contributed by atoms with Crippen molar-refractivity contribution in [3.05, 3.63) is 29.8 Å². The van der Waals surface area contributed by atoms with Crippen molar-refractivity contribution in [3.63, 3.8) is 0 Å². The van der Waals surface area contributed by atoms with Gasteiger partial charge in [0, 0.05) is 6.42 Å². The molecule has 0 aliphatic rings. The first-order valence-electron chi connectivity index (χ1n) is 4.49. The molecule has 0 saturated heterocycles. The molecule has 1 aromatic carbocycles. The van der Waals surface area contributed by atoms with Crippen LogP contribution in [-0.2, 0) is 16.8 Å². The summed E-state index contributed by atoms with van der Waals surface area (Å²) in [6.45, 7) is 0. The van der Waals surface area contributed by atoms with Crippen LogP contribution in [0.15, 0.2) is 24.3 Å². The molecule has 8 heteroatoms. The number of methoxy groups -OCH3 is 1. The maximum absolute atomic E-state index is 8.88. The highest BCUT2D eigenvalue weighted by Crippen LogP contribution is 2.11. The van der Waals surface area contributed by atoms with Crippen LogP contribution in [0.2, 0.25) is 0 Å². The Balaban J connectivity index is 0.000000437. The largest absolute Gasteiger partial charge is 0.497 e. The third-order valence-electron chi connectivity index (χ3n) is 1.60. The fraction of sp³-hybridized carbons (Fsp3) is 0.333. The fourth-order valence-corrected chi connectivity index (χ4v) is 1.00. The van der Waals surface area contributed by atoms with Crippen LogP contribution in [0.1, 0.15) is 5.56 Å². The van der Waals surface area contributed by atoms with Gasteiger partial charge in [0.2, 0.25) is 0 Å². The van der Waals surface area contributed by atoms with Gasteiger partial charge in [-0.25, -0.2) is 0 Å². The lowest BCUT2D eigenvalue weighted by Gasteiger charge is -2.04. The van der Waals surface area contributed by atoms with E-state index in [1.807, 2.05) is 24.3 Å². The first-order valence-corrected chi connectivity index (χ1v) is 5.88. The van der Waals surface area contributed by atoms with Gasteiger partial charge in [-0.1, -0.05) is 12.1 Å². The fourth-order valence-electron chi connectivity index (χ4n) is 1.00. The van der Waals surface area contributed by atoms with Crippen LogP contribution >= 0.6 is 0 Å². The van der Waals surface area contributed by atoms with Crippen LogP contribution in [-0.4, -0.2) is 36.0 Å². The molecule has 1 aromatic rings. The standard InChI is InChI=1S/C9H13NO2.H2O4S/c1-12-8-4-2-7(3-5-8)6-9(10)11;1-5(2,3)4/h2-5,9,11H,6,10H2,1H3;(H2,1,2,3,4). The van der Waals surface area contributed by atoms with E-state index in [1.54, 1.807) is 7.11 Å². The van der Waals surface area contributed by atoms with E-state index in [-0.39, 0.29) is 0 Å². The lowest BCUT2D eigenvalue weighted by molar-refractivity contribution is 0.183. The van der Waals surface area contributed by atoms with Crippen molar-refractivity contribution in [2.24, 2.45) is 5.73 Å². The lowest BCUT2D eigenvalue weighted by atomic mass is 10.1. The predicted octanol–water partition coefficient (Wildman–Crippen LogP) is -0.138. The van der Waals surface area contributed by atoms with Gasteiger partial charge in [0.1, 0.15) is 12.0 Å². The van der Waals surface area contributed by atoms with Gasteiger partial charge in [-0.3, -0.25) is 9.11 Å². The molecule has 98 valence electrons.